The van der Waals surface area contributed by atoms with Crippen molar-refractivity contribution in [2.45, 2.75) is 5.16 Å². The molecule has 0 spiro atoms. The number of aromatic nitrogens is 3. The second kappa shape index (κ2) is 2.33. The normalized spacial score (nSPS) is 11.7. The van der Waals surface area contributed by atoms with Crippen molar-refractivity contribution >= 4 is 10.0 Å². The maximum atomic E-state index is 10.7. The van der Waals surface area contributed by atoms with E-state index in [2.05, 4.69) is 21.0 Å². The summed E-state index contributed by atoms with van der Waals surface area (Å²) in [5.41, 5.74) is 0. The molecular weight excluding hydrogens is 158 g/mol. The molecule has 1 aromatic heterocycles. The Kier molecular flexibility index (Phi) is 1.66. The van der Waals surface area contributed by atoms with Gasteiger partial charge in [-0.1, -0.05) is 0 Å². The Hall–Kier alpha value is -0.990. The van der Waals surface area contributed by atoms with Crippen LogP contribution in [0.1, 0.15) is 0 Å². The maximum Gasteiger partial charge on any atom is 0.288 e. The van der Waals surface area contributed by atoms with E-state index in [9.17, 15) is 8.42 Å². The minimum Gasteiger partial charge on any atom is -0.257 e. The van der Waals surface area contributed by atoms with E-state index in [1.807, 2.05) is 0 Å². The lowest BCUT2D eigenvalue weighted by molar-refractivity contribution is 0.575. The first-order valence-electron chi connectivity index (χ1n) is 2.24. The van der Waals surface area contributed by atoms with Crippen LogP contribution in [0.15, 0.2) is 11.5 Å². The van der Waals surface area contributed by atoms with Gasteiger partial charge in [0.2, 0.25) is 0 Å². The lowest BCUT2D eigenvalue weighted by Crippen LogP contribution is -2.30. The van der Waals surface area contributed by atoms with Crippen molar-refractivity contribution < 1.29 is 8.42 Å². The maximum absolute atomic E-state index is 10.7. The fourth-order valence-corrected chi connectivity index (χ4v) is 0.850. The Balaban J connectivity index is 3.09. The number of rotatable bonds is 2. The van der Waals surface area contributed by atoms with Crippen LogP contribution in [0, 0.1) is 0 Å². The van der Waals surface area contributed by atoms with Gasteiger partial charge in [0.1, 0.15) is 6.33 Å². The molecule has 7 nitrogen and oxygen atoms in total. The number of nitrogens with one attached hydrogen (secondary N) is 2. The van der Waals surface area contributed by atoms with Gasteiger partial charge in [0.25, 0.3) is 15.2 Å². The first kappa shape index (κ1) is 7.12. The molecule has 0 aliphatic heterocycles. The van der Waals surface area contributed by atoms with E-state index in [0.717, 1.165) is 6.33 Å². The van der Waals surface area contributed by atoms with E-state index in [1.165, 1.54) is 0 Å². The molecule has 0 aliphatic rings. The molecule has 0 atom stereocenters. The van der Waals surface area contributed by atoms with Crippen LogP contribution in [0.4, 0.5) is 0 Å². The van der Waals surface area contributed by atoms with Crippen molar-refractivity contribution in [2.24, 2.45) is 5.84 Å². The Morgan fingerprint density at radius 1 is 1.70 bits per heavy atom. The van der Waals surface area contributed by atoms with Gasteiger partial charge >= 0.3 is 0 Å². The van der Waals surface area contributed by atoms with Gasteiger partial charge in [0.05, 0.1) is 0 Å². The summed E-state index contributed by atoms with van der Waals surface area (Å²) in [6.07, 6.45) is 1.07. The molecule has 4 N–H and O–H groups in total. The highest BCUT2D eigenvalue weighted by atomic mass is 32.2. The van der Waals surface area contributed by atoms with Crippen molar-refractivity contribution in [3.8, 4) is 0 Å². The Morgan fingerprint density at radius 3 is 2.80 bits per heavy atom. The first-order valence-corrected chi connectivity index (χ1v) is 3.73. The fourth-order valence-electron chi connectivity index (χ4n) is 0.380. The minimum absolute atomic E-state index is 0.296. The molecule has 56 valence electrons. The average molecular weight is 163 g/mol. The second-order valence-corrected chi connectivity index (χ2v) is 3.04. The molecule has 1 aromatic rings. The smallest absolute Gasteiger partial charge is 0.257 e. The highest BCUT2D eigenvalue weighted by Crippen LogP contribution is 1.93. The molecule has 0 aromatic carbocycles. The van der Waals surface area contributed by atoms with Crippen LogP contribution in [-0.4, -0.2) is 23.6 Å². The lowest BCUT2D eigenvalue weighted by Gasteiger charge is -1.93. The van der Waals surface area contributed by atoms with E-state index in [1.54, 1.807) is 4.83 Å². The summed E-state index contributed by atoms with van der Waals surface area (Å²) in [6.45, 7) is 0. The van der Waals surface area contributed by atoms with E-state index in [0.29, 0.717) is 0 Å². The van der Waals surface area contributed by atoms with Crippen molar-refractivity contribution in [2.75, 3.05) is 0 Å². The number of hydrogen-bond acceptors (Lipinski definition) is 5. The molecule has 1 rings (SSSR count). The van der Waals surface area contributed by atoms with E-state index < -0.39 is 10.0 Å². The van der Waals surface area contributed by atoms with Crippen LogP contribution in [0.2, 0.25) is 0 Å². The molecular formula is C2H5N5O2S. The van der Waals surface area contributed by atoms with Gasteiger partial charge in [0, 0.05) is 0 Å². The third kappa shape index (κ3) is 1.12. The standard InChI is InChI=1S/C2H5N5O2S/c3-7-10(8,9)2-4-1-5-6-2/h1,7H,3H2,(H,4,5,6). The van der Waals surface area contributed by atoms with Crippen LogP contribution in [0.3, 0.4) is 0 Å². The number of hydrazine groups is 1. The van der Waals surface area contributed by atoms with Gasteiger partial charge in [-0.25, -0.2) is 18.5 Å². The SMILES string of the molecule is NNS(=O)(=O)c1ncn[nH]1. The molecule has 0 saturated carbocycles. The van der Waals surface area contributed by atoms with E-state index >= 15 is 0 Å². The molecule has 0 saturated heterocycles. The number of sulfonamides is 1. The highest BCUT2D eigenvalue weighted by Gasteiger charge is 2.13. The van der Waals surface area contributed by atoms with Gasteiger partial charge in [-0.15, -0.1) is 4.83 Å². The minimum atomic E-state index is -3.66. The van der Waals surface area contributed by atoms with E-state index in [4.69, 9.17) is 0 Å². The summed E-state index contributed by atoms with van der Waals surface area (Å²) < 4.78 is 21.4. The Bertz CT molecular complexity index is 287. The molecule has 8 heteroatoms. The predicted octanol–water partition coefficient (Wildman–Crippen LogP) is -2.04. The van der Waals surface area contributed by atoms with Crippen LogP contribution < -0.4 is 10.7 Å². The highest BCUT2D eigenvalue weighted by molar-refractivity contribution is 7.89. The third-order valence-corrected chi connectivity index (χ3v) is 1.82. The molecule has 10 heavy (non-hydrogen) atoms. The number of nitrogens with two attached hydrogens (primary N) is 1. The monoisotopic (exact) mass is 163 g/mol. The van der Waals surface area contributed by atoms with Gasteiger partial charge in [-0.05, 0) is 0 Å². The van der Waals surface area contributed by atoms with Crippen molar-refractivity contribution in [1.82, 2.24) is 20.0 Å². The van der Waals surface area contributed by atoms with Crippen LogP contribution >= 0.6 is 0 Å². The number of nitrogens with zero attached hydrogens (tertiary/aromatic N) is 2. The van der Waals surface area contributed by atoms with Crippen molar-refractivity contribution in [3.05, 3.63) is 6.33 Å². The number of hydrogen-bond donors (Lipinski definition) is 3. The van der Waals surface area contributed by atoms with Gasteiger partial charge in [-0.2, -0.15) is 5.10 Å². The molecule has 0 unspecified atom stereocenters. The summed E-state index contributed by atoms with van der Waals surface area (Å²) in [4.78, 5) is 4.94. The zero-order valence-electron chi connectivity index (χ0n) is 4.77. The summed E-state index contributed by atoms with van der Waals surface area (Å²) in [6, 6.07) is 0. The van der Waals surface area contributed by atoms with Gasteiger partial charge in [0.15, 0.2) is 0 Å². The van der Waals surface area contributed by atoms with Gasteiger partial charge < -0.3 is 0 Å². The lowest BCUT2D eigenvalue weighted by atomic mass is 11.3. The van der Waals surface area contributed by atoms with Crippen LogP contribution in [-0.2, 0) is 10.0 Å². The molecule has 0 aliphatic carbocycles. The summed E-state index contributed by atoms with van der Waals surface area (Å²) in [5.74, 6) is 4.67. The molecule has 0 bridgehead atoms. The Morgan fingerprint density at radius 2 is 2.40 bits per heavy atom. The molecule has 0 amide bonds. The van der Waals surface area contributed by atoms with Crippen molar-refractivity contribution in [3.63, 3.8) is 0 Å². The molecule has 0 fully saturated rings. The Labute approximate surface area is 56.7 Å². The molecule has 0 radical (unpaired) electrons. The van der Waals surface area contributed by atoms with E-state index in [-0.39, 0.29) is 5.16 Å². The topological polar surface area (TPSA) is 114 Å². The largest absolute Gasteiger partial charge is 0.288 e. The third-order valence-electron chi connectivity index (χ3n) is 0.803. The zero-order valence-corrected chi connectivity index (χ0v) is 5.59. The zero-order chi connectivity index (χ0) is 7.61. The van der Waals surface area contributed by atoms with Crippen LogP contribution in [0.25, 0.3) is 0 Å². The predicted molar refractivity (Wildman–Crippen MR) is 30.9 cm³/mol. The van der Waals surface area contributed by atoms with Gasteiger partial charge in [-0.3, -0.25) is 5.84 Å². The van der Waals surface area contributed by atoms with Crippen LogP contribution in [0.5, 0.6) is 0 Å². The molecule has 1 heterocycles. The number of aromatic amines is 1. The average Bonchev–Trinajstić information content (AvgIpc) is 2.38. The second-order valence-electron chi connectivity index (χ2n) is 1.41. The number of H-pyrrole nitrogens is 1. The first-order chi connectivity index (χ1) is 4.67. The summed E-state index contributed by atoms with van der Waals surface area (Å²) in [7, 11) is -3.66. The van der Waals surface area contributed by atoms with Crippen molar-refractivity contribution in [1.29, 1.82) is 0 Å². The summed E-state index contributed by atoms with van der Waals surface area (Å²) in [5, 5.41) is 5.17. The summed E-state index contributed by atoms with van der Waals surface area (Å²) >= 11 is 0. The quantitative estimate of drug-likeness (QED) is 0.343. The fraction of sp³-hybridized carbons (Fsp3) is 0.